The Labute approximate surface area is 279 Å². The van der Waals surface area contributed by atoms with Crippen molar-refractivity contribution in [3.05, 3.63) is 179 Å². The topological polar surface area (TPSA) is 120 Å². The fourth-order valence-electron chi connectivity index (χ4n) is 5.15. The quantitative estimate of drug-likeness (QED) is 0.128. The highest BCUT2D eigenvalue weighted by Gasteiger charge is 2.16. The number of anilines is 2. The molecule has 0 unspecified atom stereocenters. The maximum absolute atomic E-state index is 12.9. The van der Waals surface area contributed by atoms with Gasteiger partial charge in [0.1, 0.15) is 0 Å². The Morgan fingerprint density at radius 1 is 0.375 bits per heavy atom. The van der Waals surface area contributed by atoms with E-state index in [-0.39, 0.29) is 23.1 Å². The van der Waals surface area contributed by atoms with E-state index >= 15 is 0 Å². The highest BCUT2D eigenvalue weighted by molar-refractivity contribution is 6.14. The molecule has 0 aromatic heterocycles. The van der Waals surface area contributed by atoms with Gasteiger partial charge >= 0.3 is 0 Å². The minimum atomic E-state index is -0.147. The van der Waals surface area contributed by atoms with Crippen molar-refractivity contribution in [1.82, 2.24) is 0 Å². The molecule has 4 N–H and O–H groups in total. The van der Waals surface area contributed by atoms with E-state index in [0.29, 0.717) is 44.8 Å². The van der Waals surface area contributed by atoms with Gasteiger partial charge in [-0.15, -0.1) is 0 Å². The SMILES string of the molecule is CC(=O)c1ccc(-c2ccc(C(C)=O)cc2)cc1.Nc1ccc(-c2ccc(N)c(C(=O)c3ccccc3)c2)cc1C(=O)c1ccccc1. The molecule has 6 aromatic rings. The molecule has 236 valence electrons. The van der Waals surface area contributed by atoms with Gasteiger partial charge in [0, 0.05) is 44.8 Å². The molecule has 0 aliphatic heterocycles. The predicted molar refractivity (Wildman–Crippen MR) is 192 cm³/mol. The van der Waals surface area contributed by atoms with E-state index in [0.717, 1.165) is 22.3 Å². The zero-order valence-corrected chi connectivity index (χ0v) is 26.6. The van der Waals surface area contributed by atoms with Crippen molar-refractivity contribution in [1.29, 1.82) is 0 Å². The number of ketones is 4. The van der Waals surface area contributed by atoms with Crippen molar-refractivity contribution in [2.75, 3.05) is 11.5 Å². The molecule has 6 rings (SSSR count). The zero-order chi connectivity index (χ0) is 34.2. The van der Waals surface area contributed by atoms with Gasteiger partial charge in [-0.2, -0.15) is 0 Å². The number of benzene rings is 6. The van der Waals surface area contributed by atoms with E-state index < -0.39 is 0 Å². The molecule has 0 radical (unpaired) electrons. The summed E-state index contributed by atoms with van der Waals surface area (Å²) in [5.41, 5.74) is 20.0. The summed E-state index contributed by atoms with van der Waals surface area (Å²) in [4.78, 5) is 48.2. The van der Waals surface area contributed by atoms with Crippen LogP contribution in [-0.4, -0.2) is 23.1 Å². The molecule has 6 aromatic carbocycles. The minimum absolute atomic E-state index is 0.0634. The first-order chi connectivity index (χ1) is 23.1. The van der Waals surface area contributed by atoms with E-state index in [1.165, 1.54) is 0 Å². The molecule has 48 heavy (non-hydrogen) atoms. The third-order valence-corrected chi connectivity index (χ3v) is 7.92. The molecule has 0 atom stereocenters. The van der Waals surface area contributed by atoms with Gasteiger partial charge in [-0.3, -0.25) is 19.2 Å². The van der Waals surface area contributed by atoms with Gasteiger partial charge < -0.3 is 11.5 Å². The molecule has 0 spiro atoms. The largest absolute Gasteiger partial charge is 0.398 e. The third kappa shape index (κ3) is 7.69. The lowest BCUT2D eigenvalue weighted by molar-refractivity contribution is 0.100. The van der Waals surface area contributed by atoms with Crippen LogP contribution in [0.5, 0.6) is 0 Å². The summed E-state index contributed by atoms with van der Waals surface area (Å²) in [6.45, 7) is 3.10. The van der Waals surface area contributed by atoms with E-state index in [2.05, 4.69) is 0 Å². The highest BCUT2D eigenvalue weighted by Crippen LogP contribution is 2.29. The van der Waals surface area contributed by atoms with Crippen molar-refractivity contribution >= 4 is 34.5 Å². The number of hydrogen-bond donors (Lipinski definition) is 2. The Balaban J connectivity index is 0.000000214. The average Bonchev–Trinajstić information content (AvgIpc) is 3.12. The number of carbonyl (C=O) groups excluding carboxylic acids is 4. The van der Waals surface area contributed by atoms with Crippen LogP contribution < -0.4 is 11.5 Å². The summed E-state index contributed by atoms with van der Waals surface area (Å²) in [7, 11) is 0. The third-order valence-electron chi connectivity index (χ3n) is 7.92. The van der Waals surface area contributed by atoms with Gasteiger partial charge in [0.05, 0.1) is 0 Å². The maximum atomic E-state index is 12.9. The fraction of sp³-hybridized carbons (Fsp3) is 0.0476. The first-order valence-electron chi connectivity index (χ1n) is 15.3. The van der Waals surface area contributed by atoms with Gasteiger partial charge in [0.25, 0.3) is 0 Å². The molecule has 0 fully saturated rings. The Hall–Kier alpha value is -6.40. The Morgan fingerprint density at radius 3 is 1.00 bits per heavy atom. The number of carbonyl (C=O) groups is 4. The van der Waals surface area contributed by atoms with Gasteiger partial charge in [0.15, 0.2) is 23.1 Å². The van der Waals surface area contributed by atoms with Crippen molar-refractivity contribution in [2.24, 2.45) is 0 Å². The van der Waals surface area contributed by atoms with Gasteiger partial charge in [-0.25, -0.2) is 0 Å². The smallest absolute Gasteiger partial charge is 0.195 e. The molecule has 6 nitrogen and oxygen atoms in total. The zero-order valence-electron chi connectivity index (χ0n) is 26.6. The van der Waals surface area contributed by atoms with E-state index in [4.69, 9.17) is 11.5 Å². The number of hydrogen-bond acceptors (Lipinski definition) is 6. The van der Waals surface area contributed by atoms with Crippen molar-refractivity contribution in [3.63, 3.8) is 0 Å². The second-order valence-electron chi connectivity index (χ2n) is 11.3. The maximum Gasteiger partial charge on any atom is 0.195 e. The fourth-order valence-corrected chi connectivity index (χ4v) is 5.15. The summed E-state index contributed by atoms with van der Waals surface area (Å²) >= 11 is 0. The normalized spacial score (nSPS) is 10.4. The summed E-state index contributed by atoms with van der Waals surface area (Å²) in [6, 6.07) is 43.5. The number of nitrogens with two attached hydrogens (primary N) is 2. The monoisotopic (exact) mass is 630 g/mol. The molecule has 0 aliphatic rings. The number of Topliss-reactive ketones (excluding diaryl/α,β-unsaturated/α-hetero) is 2. The lowest BCUT2D eigenvalue weighted by atomic mass is 9.94. The van der Waals surface area contributed by atoms with Crippen molar-refractivity contribution in [2.45, 2.75) is 13.8 Å². The lowest BCUT2D eigenvalue weighted by Gasteiger charge is -2.11. The average molecular weight is 631 g/mol. The Kier molecular flexibility index (Phi) is 10.2. The number of rotatable bonds is 8. The second-order valence-corrected chi connectivity index (χ2v) is 11.3. The van der Waals surface area contributed by atoms with Crippen LogP contribution in [0.2, 0.25) is 0 Å². The minimum Gasteiger partial charge on any atom is -0.398 e. The molecular weight excluding hydrogens is 596 g/mol. The lowest BCUT2D eigenvalue weighted by Crippen LogP contribution is -2.07. The summed E-state index contributed by atoms with van der Waals surface area (Å²) in [5.74, 6) is -0.168. The van der Waals surface area contributed by atoms with Gasteiger partial charge in [-0.05, 0) is 60.4 Å². The van der Waals surface area contributed by atoms with E-state index in [1.807, 2.05) is 97.1 Å². The van der Waals surface area contributed by atoms with Gasteiger partial charge in [-0.1, -0.05) is 121 Å². The molecule has 0 saturated heterocycles. The molecule has 0 saturated carbocycles. The second kappa shape index (κ2) is 14.8. The summed E-state index contributed by atoms with van der Waals surface area (Å²) in [5, 5.41) is 0. The van der Waals surface area contributed by atoms with Crippen LogP contribution in [-0.2, 0) is 0 Å². The van der Waals surface area contributed by atoms with Crippen molar-refractivity contribution in [3.8, 4) is 22.3 Å². The molecular formula is C42H34N2O4. The van der Waals surface area contributed by atoms with Gasteiger partial charge in [0.2, 0.25) is 0 Å². The highest BCUT2D eigenvalue weighted by atomic mass is 16.1. The van der Waals surface area contributed by atoms with Crippen LogP contribution in [0.1, 0.15) is 66.4 Å². The predicted octanol–water partition coefficient (Wildman–Crippen LogP) is 8.74. The number of nitrogen functional groups attached to an aromatic ring is 2. The standard InChI is InChI=1S/C26H20N2O2.C16H14O2/c27-23-13-11-19(15-21(23)25(29)17-7-3-1-4-8-17)20-12-14-24(28)22(16-20)26(30)18-9-5-2-6-10-18;1-11(17)13-3-7-15(8-4-13)16-9-5-14(6-10-16)12(2)18/h1-16H,27-28H2;3-10H,1-2H3. The molecule has 0 aliphatic carbocycles. The molecule has 0 bridgehead atoms. The molecule has 0 amide bonds. The van der Waals surface area contributed by atoms with Crippen molar-refractivity contribution < 1.29 is 19.2 Å². The van der Waals surface area contributed by atoms with Crippen LogP contribution >= 0.6 is 0 Å². The van der Waals surface area contributed by atoms with Crippen LogP contribution in [0.25, 0.3) is 22.3 Å². The van der Waals surface area contributed by atoms with E-state index in [1.54, 1.807) is 62.4 Å². The summed E-state index contributed by atoms with van der Waals surface area (Å²) < 4.78 is 0. The Morgan fingerprint density at radius 2 is 0.688 bits per heavy atom. The summed E-state index contributed by atoms with van der Waals surface area (Å²) in [6.07, 6.45) is 0. The first kappa shape index (κ1) is 33.0. The van der Waals surface area contributed by atoms with Crippen LogP contribution in [0.15, 0.2) is 146 Å². The Bertz CT molecular complexity index is 1950. The van der Waals surface area contributed by atoms with Crippen LogP contribution in [0.4, 0.5) is 11.4 Å². The molecule has 6 heteroatoms. The molecule has 0 heterocycles. The van der Waals surface area contributed by atoms with E-state index in [9.17, 15) is 19.2 Å². The van der Waals surface area contributed by atoms with Crippen LogP contribution in [0.3, 0.4) is 0 Å². The van der Waals surface area contributed by atoms with Crippen LogP contribution in [0, 0.1) is 0 Å². The first-order valence-corrected chi connectivity index (χ1v) is 15.3.